The smallest absolute Gasteiger partial charge is 0.307 e. The highest BCUT2D eigenvalue weighted by atomic mass is 79.9. The molecule has 1 saturated heterocycles. The highest BCUT2D eigenvalue weighted by Gasteiger charge is 2.29. The van der Waals surface area contributed by atoms with Crippen molar-refractivity contribution in [3.8, 4) is 0 Å². The Labute approximate surface area is 120 Å². The van der Waals surface area contributed by atoms with E-state index in [4.69, 9.17) is 4.74 Å². The van der Waals surface area contributed by atoms with Gasteiger partial charge in [-0.3, -0.25) is 9.59 Å². The Balaban J connectivity index is 2.10. The average molecular weight is 329 g/mol. The van der Waals surface area contributed by atoms with E-state index in [2.05, 4.69) is 20.9 Å². The molecule has 2 rings (SSSR count). The molecule has 0 aliphatic carbocycles. The highest BCUT2D eigenvalue weighted by Crippen LogP contribution is 2.23. The lowest BCUT2D eigenvalue weighted by atomic mass is 9.99. The van der Waals surface area contributed by atoms with Gasteiger partial charge in [-0.25, -0.2) is 0 Å². The van der Waals surface area contributed by atoms with Gasteiger partial charge >= 0.3 is 5.97 Å². The lowest BCUT2D eigenvalue weighted by molar-refractivity contribution is -0.142. The van der Waals surface area contributed by atoms with Crippen LogP contribution in [0.3, 0.4) is 0 Å². The fourth-order valence-electron chi connectivity index (χ4n) is 2.40. The topological polar surface area (TPSA) is 62.4 Å². The Morgan fingerprint density at radius 2 is 2.32 bits per heavy atom. The van der Waals surface area contributed by atoms with Crippen molar-refractivity contribution in [2.24, 2.45) is 0 Å². The molecule has 0 saturated carbocycles. The summed E-state index contributed by atoms with van der Waals surface area (Å²) < 4.78 is 5.54. The highest BCUT2D eigenvalue weighted by molar-refractivity contribution is 9.10. The number of piperidine rings is 1. The summed E-state index contributed by atoms with van der Waals surface area (Å²) >= 11 is 3.31. The number of carbonyl (C=O) groups excluding carboxylic acids is 2. The third-order valence-electron chi connectivity index (χ3n) is 3.40. The standard InChI is InChI=1S/C13H17BrN2O3/c1-19-12(17)7-10-4-2-3-5-16(10)13(18)11-6-9(14)8-15-11/h6,8,10,15H,2-5,7H2,1H3. The van der Waals surface area contributed by atoms with Crippen molar-refractivity contribution in [3.05, 3.63) is 22.4 Å². The fourth-order valence-corrected chi connectivity index (χ4v) is 2.75. The number of rotatable bonds is 3. The quantitative estimate of drug-likeness (QED) is 0.866. The van der Waals surface area contributed by atoms with Crippen molar-refractivity contribution < 1.29 is 14.3 Å². The van der Waals surface area contributed by atoms with Gasteiger partial charge in [0, 0.05) is 23.3 Å². The maximum Gasteiger partial charge on any atom is 0.307 e. The van der Waals surface area contributed by atoms with Gasteiger partial charge in [0.2, 0.25) is 0 Å². The fraction of sp³-hybridized carbons (Fsp3) is 0.538. The Hall–Kier alpha value is -1.30. The van der Waals surface area contributed by atoms with Gasteiger partial charge in [0.1, 0.15) is 5.69 Å². The van der Waals surface area contributed by atoms with Crippen LogP contribution in [0.2, 0.25) is 0 Å². The monoisotopic (exact) mass is 328 g/mol. The number of aromatic nitrogens is 1. The molecule has 6 heteroatoms. The molecule has 1 unspecified atom stereocenters. The van der Waals surface area contributed by atoms with Crippen molar-refractivity contribution in [1.82, 2.24) is 9.88 Å². The molecular weight excluding hydrogens is 312 g/mol. The van der Waals surface area contributed by atoms with E-state index in [0.29, 0.717) is 12.2 Å². The van der Waals surface area contributed by atoms with Gasteiger partial charge in [-0.2, -0.15) is 0 Å². The van der Waals surface area contributed by atoms with Crippen molar-refractivity contribution >= 4 is 27.8 Å². The van der Waals surface area contributed by atoms with E-state index in [1.807, 2.05) is 0 Å². The van der Waals surface area contributed by atoms with Gasteiger partial charge in [0.15, 0.2) is 0 Å². The summed E-state index contributed by atoms with van der Waals surface area (Å²) in [5.74, 6) is -0.323. The van der Waals surface area contributed by atoms with Crippen molar-refractivity contribution in [2.75, 3.05) is 13.7 Å². The van der Waals surface area contributed by atoms with Crippen LogP contribution in [0.4, 0.5) is 0 Å². The number of hydrogen-bond donors (Lipinski definition) is 1. The number of aromatic amines is 1. The number of hydrogen-bond acceptors (Lipinski definition) is 3. The molecule has 2 heterocycles. The number of H-pyrrole nitrogens is 1. The van der Waals surface area contributed by atoms with E-state index in [1.165, 1.54) is 7.11 Å². The van der Waals surface area contributed by atoms with E-state index < -0.39 is 0 Å². The molecule has 1 fully saturated rings. The lowest BCUT2D eigenvalue weighted by Crippen LogP contribution is -2.45. The first kappa shape index (κ1) is 14.1. The van der Waals surface area contributed by atoms with E-state index in [1.54, 1.807) is 17.2 Å². The minimum absolute atomic E-state index is 0.0562. The predicted octanol–water partition coefficient (Wildman–Crippen LogP) is 2.33. The average Bonchev–Trinajstić information content (AvgIpc) is 2.85. The van der Waals surface area contributed by atoms with E-state index in [0.717, 1.165) is 23.7 Å². The molecule has 5 nitrogen and oxygen atoms in total. The normalized spacial score (nSPS) is 19.3. The van der Waals surface area contributed by atoms with Crippen LogP contribution in [-0.4, -0.2) is 41.5 Å². The van der Waals surface area contributed by atoms with Crippen LogP contribution in [0, 0.1) is 0 Å². The summed E-state index contributed by atoms with van der Waals surface area (Å²) in [4.78, 5) is 28.5. The zero-order chi connectivity index (χ0) is 13.8. The summed E-state index contributed by atoms with van der Waals surface area (Å²) in [5, 5.41) is 0. The van der Waals surface area contributed by atoms with Gasteiger partial charge in [-0.1, -0.05) is 0 Å². The van der Waals surface area contributed by atoms with E-state index >= 15 is 0 Å². The third kappa shape index (κ3) is 3.37. The second-order valence-corrected chi connectivity index (χ2v) is 5.58. The van der Waals surface area contributed by atoms with Crippen LogP contribution in [0.15, 0.2) is 16.7 Å². The van der Waals surface area contributed by atoms with Crippen LogP contribution in [0.25, 0.3) is 0 Å². The van der Waals surface area contributed by atoms with Crippen LogP contribution in [-0.2, 0) is 9.53 Å². The molecule has 1 aromatic heterocycles. The molecule has 1 amide bonds. The molecular formula is C13H17BrN2O3. The Morgan fingerprint density at radius 1 is 1.53 bits per heavy atom. The number of methoxy groups -OCH3 is 1. The second kappa shape index (κ2) is 6.23. The first-order valence-electron chi connectivity index (χ1n) is 6.33. The van der Waals surface area contributed by atoms with Gasteiger partial charge in [0.25, 0.3) is 5.91 Å². The lowest BCUT2D eigenvalue weighted by Gasteiger charge is -2.34. The molecule has 1 aromatic rings. The number of carbonyl (C=O) groups is 2. The summed E-state index contributed by atoms with van der Waals surface area (Å²) in [7, 11) is 1.37. The van der Waals surface area contributed by atoms with Gasteiger partial charge in [-0.15, -0.1) is 0 Å². The predicted molar refractivity (Wildman–Crippen MR) is 73.8 cm³/mol. The SMILES string of the molecule is COC(=O)CC1CCCCN1C(=O)c1cc(Br)c[nH]1. The van der Waals surface area contributed by atoms with Gasteiger partial charge < -0.3 is 14.6 Å². The molecule has 104 valence electrons. The number of esters is 1. The van der Waals surface area contributed by atoms with Crippen molar-refractivity contribution in [3.63, 3.8) is 0 Å². The number of amides is 1. The zero-order valence-electron chi connectivity index (χ0n) is 10.8. The maximum absolute atomic E-state index is 12.4. The number of likely N-dealkylation sites (tertiary alicyclic amines) is 1. The third-order valence-corrected chi connectivity index (χ3v) is 3.85. The first-order chi connectivity index (χ1) is 9.11. The molecule has 0 spiro atoms. The minimum Gasteiger partial charge on any atom is -0.469 e. The zero-order valence-corrected chi connectivity index (χ0v) is 12.4. The molecule has 19 heavy (non-hydrogen) atoms. The van der Waals surface area contributed by atoms with E-state index in [-0.39, 0.29) is 24.3 Å². The van der Waals surface area contributed by atoms with Gasteiger partial charge in [0.05, 0.1) is 13.5 Å². The summed E-state index contributed by atoms with van der Waals surface area (Å²) in [5.41, 5.74) is 0.545. The minimum atomic E-state index is -0.266. The van der Waals surface area contributed by atoms with Crippen molar-refractivity contribution in [2.45, 2.75) is 31.7 Å². The summed E-state index contributed by atoms with van der Waals surface area (Å²) in [6.45, 7) is 0.692. The Bertz CT molecular complexity index is 472. The molecule has 1 aliphatic heterocycles. The number of ether oxygens (including phenoxy) is 1. The molecule has 0 radical (unpaired) electrons. The first-order valence-corrected chi connectivity index (χ1v) is 7.13. The second-order valence-electron chi connectivity index (χ2n) is 4.66. The van der Waals surface area contributed by atoms with Crippen LogP contribution >= 0.6 is 15.9 Å². The number of nitrogens with one attached hydrogen (secondary N) is 1. The van der Waals surface area contributed by atoms with Crippen LogP contribution in [0.5, 0.6) is 0 Å². The molecule has 1 N–H and O–H groups in total. The summed E-state index contributed by atoms with van der Waals surface area (Å²) in [6, 6.07) is 1.70. The maximum atomic E-state index is 12.4. The number of halogens is 1. The summed E-state index contributed by atoms with van der Waals surface area (Å²) in [6.07, 6.45) is 4.87. The molecule has 0 aromatic carbocycles. The van der Waals surface area contributed by atoms with Crippen LogP contribution < -0.4 is 0 Å². The largest absolute Gasteiger partial charge is 0.469 e. The van der Waals surface area contributed by atoms with E-state index in [9.17, 15) is 9.59 Å². The number of nitrogens with zero attached hydrogens (tertiary/aromatic N) is 1. The molecule has 1 aliphatic rings. The van der Waals surface area contributed by atoms with Crippen molar-refractivity contribution in [1.29, 1.82) is 0 Å². The molecule has 1 atom stereocenters. The Kier molecular flexibility index (Phi) is 4.63. The van der Waals surface area contributed by atoms with Gasteiger partial charge in [-0.05, 0) is 41.3 Å². The van der Waals surface area contributed by atoms with Crippen LogP contribution in [0.1, 0.15) is 36.2 Å². The Morgan fingerprint density at radius 3 is 2.95 bits per heavy atom. The molecule has 0 bridgehead atoms.